The average molecular weight is 370 g/mol. The fourth-order valence-electron chi connectivity index (χ4n) is 2.02. The van der Waals surface area contributed by atoms with E-state index in [1.165, 1.54) is 42.3 Å². The first-order valence-electron chi connectivity index (χ1n) is 8.46. The van der Waals surface area contributed by atoms with Crippen LogP contribution < -0.4 is 0 Å². The van der Waals surface area contributed by atoms with E-state index in [9.17, 15) is 4.79 Å². The smallest absolute Gasteiger partial charge is 0.233 e. The van der Waals surface area contributed by atoms with Crippen LogP contribution in [0.3, 0.4) is 0 Å². The maximum Gasteiger partial charge on any atom is 0.233 e. The Morgan fingerprint density at radius 1 is 1.08 bits per heavy atom. The van der Waals surface area contributed by atoms with Gasteiger partial charge in [-0.1, -0.05) is 50.8 Å². The Balaban J connectivity index is 3.86. The zero-order valence-electron chi connectivity index (χ0n) is 14.5. The standard InChI is InChI=1S/C17H27N3O2S2/c1-2-3-4-5-6-7-14-22-17(23)24-15-16(21)20(12-8-10-18)13-9-11-19/h2-9,12-15H2,1H3. The van der Waals surface area contributed by atoms with Crippen molar-refractivity contribution in [3.63, 3.8) is 0 Å². The average Bonchev–Trinajstić information content (AvgIpc) is 2.59. The van der Waals surface area contributed by atoms with E-state index < -0.39 is 0 Å². The maximum absolute atomic E-state index is 12.1. The van der Waals surface area contributed by atoms with E-state index in [2.05, 4.69) is 6.92 Å². The van der Waals surface area contributed by atoms with Crippen molar-refractivity contribution in [1.29, 1.82) is 10.5 Å². The molecule has 0 bridgehead atoms. The number of unbranched alkanes of at least 4 members (excludes halogenated alkanes) is 5. The van der Waals surface area contributed by atoms with E-state index in [4.69, 9.17) is 27.5 Å². The molecule has 5 nitrogen and oxygen atoms in total. The van der Waals surface area contributed by atoms with E-state index in [1.54, 1.807) is 0 Å². The summed E-state index contributed by atoms with van der Waals surface area (Å²) in [6.07, 6.45) is 7.67. The molecule has 134 valence electrons. The lowest BCUT2D eigenvalue weighted by Crippen LogP contribution is -2.34. The Hall–Kier alpha value is -1.31. The van der Waals surface area contributed by atoms with Crippen molar-refractivity contribution < 1.29 is 9.53 Å². The van der Waals surface area contributed by atoms with Crippen LogP contribution in [0.5, 0.6) is 0 Å². The lowest BCUT2D eigenvalue weighted by Gasteiger charge is -2.20. The molecule has 0 aromatic carbocycles. The zero-order chi connectivity index (χ0) is 18.0. The van der Waals surface area contributed by atoms with Gasteiger partial charge in [0.05, 0.1) is 37.3 Å². The van der Waals surface area contributed by atoms with Gasteiger partial charge in [0.25, 0.3) is 0 Å². The zero-order valence-corrected chi connectivity index (χ0v) is 16.1. The van der Waals surface area contributed by atoms with Crippen LogP contribution in [0.15, 0.2) is 0 Å². The summed E-state index contributed by atoms with van der Waals surface area (Å²) in [6, 6.07) is 4.03. The van der Waals surface area contributed by atoms with Crippen LogP contribution >= 0.6 is 24.0 Å². The quantitative estimate of drug-likeness (QED) is 0.360. The van der Waals surface area contributed by atoms with Gasteiger partial charge in [-0.25, -0.2) is 0 Å². The van der Waals surface area contributed by atoms with Crippen molar-refractivity contribution in [3.8, 4) is 12.1 Å². The molecule has 0 aliphatic carbocycles. The van der Waals surface area contributed by atoms with Crippen LogP contribution in [-0.2, 0) is 9.53 Å². The molecule has 0 heterocycles. The van der Waals surface area contributed by atoms with Gasteiger partial charge in [0.15, 0.2) is 0 Å². The number of rotatable bonds is 13. The molecule has 0 aliphatic rings. The summed E-state index contributed by atoms with van der Waals surface area (Å²) in [5.41, 5.74) is 0. The summed E-state index contributed by atoms with van der Waals surface area (Å²) < 4.78 is 5.85. The first-order chi connectivity index (χ1) is 11.7. The van der Waals surface area contributed by atoms with Gasteiger partial charge >= 0.3 is 0 Å². The lowest BCUT2D eigenvalue weighted by molar-refractivity contribution is -0.128. The molecule has 0 saturated heterocycles. The molecule has 0 radical (unpaired) electrons. The van der Waals surface area contributed by atoms with Crippen LogP contribution in [0, 0.1) is 22.7 Å². The number of carbonyl (C=O) groups excluding carboxylic acids is 1. The molecule has 0 saturated carbocycles. The number of ether oxygens (including phenoxy) is 1. The van der Waals surface area contributed by atoms with Crippen molar-refractivity contribution >= 4 is 34.3 Å². The van der Waals surface area contributed by atoms with Crippen molar-refractivity contribution in [2.75, 3.05) is 25.4 Å². The number of carbonyl (C=O) groups is 1. The second kappa shape index (κ2) is 16.5. The minimum Gasteiger partial charge on any atom is -0.479 e. The third kappa shape index (κ3) is 13.2. The molecule has 7 heteroatoms. The number of thiocarbonyl (C=S) groups is 1. The molecule has 0 aromatic heterocycles. The highest BCUT2D eigenvalue weighted by Gasteiger charge is 2.14. The van der Waals surface area contributed by atoms with Gasteiger partial charge in [-0.15, -0.1) is 0 Å². The predicted molar refractivity (Wildman–Crippen MR) is 101 cm³/mol. The topological polar surface area (TPSA) is 77.1 Å². The maximum atomic E-state index is 12.1. The van der Waals surface area contributed by atoms with Gasteiger partial charge in [0.1, 0.15) is 0 Å². The summed E-state index contributed by atoms with van der Waals surface area (Å²) in [5, 5.41) is 17.3. The highest BCUT2D eigenvalue weighted by Crippen LogP contribution is 2.10. The number of nitriles is 2. The van der Waals surface area contributed by atoms with Crippen LogP contribution in [0.25, 0.3) is 0 Å². The minimum absolute atomic E-state index is 0.115. The fourth-order valence-corrected chi connectivity index (χ4v) is 2.87. The highest BCUT2D eigenvalue weighted by atomic mass is 32.2. The molecular formula is C17H27N3O2S2. The van der Waals surface area contributed by atoms with E-state index in [-0.39, 0.29) is 24.5 Å². The Kier molecular flexibility index (Phi) is 15.6. The van der Waals surface area contributed by atoms with Gasteiger partial charge in [0, 0.05) is 13.1 Å². The van der Waals surface area contributed by atoms with Gasteiger partial charge in [0.2, 0.25) is 10.3 Å². The second-order valence-electron chi connectivity index (χ2n) is 5.35. The number of hydrogen-bond donors (Lipinski definition) is 0. The fraction of sp³-hybridized carbons (Fsp3) is 0.765. The summed E-state index contributed by atoms with van der Waals surface area (Å²) in [5.74, 6) is 0.0719. The minimum atomic E-state index is -0.115. The monoisotopic (exact) mass is 369 g/mol. The van der Waals surface area contributed by atoms with E-state index >= 15 is 0 Å². The molecule has 0 atom stereocenters. The van der Waals surface area contributed by atoms with Gasteiger partial charge in [-0.05, 0) is 18.6 Å². The molecule has 0 aliphatic heterocycles. The first kappa shape index (κ1) is 22.7. The summed E-state index contributed by atoms with van der Waals surface area (Å²) >= 11 is 6.32. The van der Waals surface area contributed by atoms with E-state index in [0.717, 1.165) is 12.8 Å². The third-order valence-corrected chi connectivity index (χ3v) is 4.59. The summed E-state index contributed by atoms with van der Waals surface area (Å²) in [7, 11) is 0. The van der Waals surface area contributed by atoms with Gasteiger partial charge in [-0.2, -0.15) is 10.5 Å². The Labute approximate surface area is 155 Å². The van der Waals surface area contributed by atoms with Crippen molar-refractivity contribution in [2.24, 2.45) is 0 Å². The first-order valence-corrected chi connectivity index (χ1v) is 9.86. The second-order valence-corrected chi connectivity index (χ2v) is 6.93. The number of amides is 1. The molecule has 0 unspecified atom stereocenters. The molecule has 0 aromatic rings. The van der Waals surface area contributed by atoms with Crippen molar-refractivity contribution in [1.82, 2.24) is 4.90 Å². The predicted octanol–water partition coefficient (Wildman–Crippen LogP) is 4.04. The largest absolute Gasteiger partial charge is 0.479 e. The SMILES string of the molecule is CCCCCCCCOC(=S)SCC(=O)N(CCC#N)CCC#N. The molecule has 1 amide bonds. The van der Waals surface area contributed by atoms with Crippen LogP contribution in [0.4, 0.5) is 0 Å². The molecule has 0 fully saturated rings. The van der Waals surface area contributed by atoms with E-state index in [1.807, 2.05) is 12.1 Å². The number of nitrogens with zero attached hydrogens (tertiary/aromatic N) is 3. The van der Waals surface area contributed by atoms with Gasteiger partial charge < -0.3 is 9.64 Å². The molecule has 0 rings (SSSR count). The molecule has 24 heavy (non-hydrogen) atoms. The molecular weight excluding hydrogens is 342 g/mol. The number of hydrogen-bond acceptors (Lipinski definition) is 6. The van der Waals surface area contributed by atoms with Crippen molar-refractivity contribution in [3.05, 3.63) is 0 Å². The molecule has 0 N–H and O–H groups in total. The lowest BCUT2D eigenvalue weighted by atomic mass is 10.1. The highest BCUT2D eigenvalue weighted by molar-refractivity contribution is 8.23. The van der Waals surface area contributed by atoms with Crippen LogP contribution in [-0.4, -0.2) is 40.6 Å². The van der Waals surface area contributed by atoms with Crippen LogP contribution in [0.2, 0.25) is 0 Å². The van der Waals surface area contributed by atoms with E-state index in [0.29, 0.717) is 24.1 Å². The summed E-state index contributed by atoms with van der Waals surface area (Å²) in [6.45, 7) is 3.49. The Morgan fingerprint density at radius 3 is 2.25 bits per heavy atom. The Bertz CT molecular complexity index is 426. The normalized spacial score (nSPS) is 9.79. The number of thioether (sulfide) groups is 1. The molecule has 0 spiro atoms. The van der Waals surface area contributed by atoms with Crippen LogP contribution in [0.1, 0.15) is 58.3 Å². The Morgan fingerprint density at radius 2 is 1.67 bits per heavy atom. The van der Waals surface area contributed by atoms with Crippen molar-refractivity contribution in [2.45, 2.75) is 58.3 Å². The third-order valence-electron chi connectivity index (χ3n) is 3.37. The van der Waals surface area contributed by atoms with Gasteiger partial charge in [-0.3, -0.25) is 4.79 Å². The summed E-state index contributed by atoms with van der Waals surface area (Å²) in [4.78, 5) is 13.6.